The molecule has 6 heteroatoms. The Morgan fingerprint density at radius 1 is 0.935 bits per heavy atom. The van der Waals surface area contributed by atoms with Gasteiger partial charge in [0, 0.05) is 30.4 Å². The van der Waals surface area contributed by atoms with Gasteiger partial charge in [0.15, 0.2) is 0 Å². The molecule has 0 saturated carbocycles. The van der Waals surface area contributed by atoms with Crippen molar-refractivity contribution in [2.24, 2.45) is 0 Å². The van der Waals surface area contributed by atoms with Crippen LogP contribution in [-0.4, -0.2) is 16.1 Å². The zero-order chi connectivity index (χ0) is 21.5. The van der Waals surface area contributed by atoms with Gasteiger partial charge in [-0.2, -0.15) is 5.10 Å². The number of benzene rings is 3. The number of amides is 1. The molecule has 4 rings (SSSR count). The van der Waals surface area contributed by atoms with E-state index in [4.69, 9.17) is 0 Å². The second-order valence-corrected chi connectivity index (χ2v) is 7.27. The quantitative estimate of drug-likeness (QED) is 0.362. The van der Waals surface area contributed by atoms with Gasteiger partial charge in [-0.1, -0.05) is 54.6 Å². The Kier molecular flexibility index (Phi) is 6.38. The Morgan fingerprint density at radius 2 is 1.74 bits per heavy atom. The number of aromatic amines is 1. The number of carbonyl (C=O) groups is 1. The van der Waals surface area contributed by atoms with Crippen LogP contribution in [0.3, 0.4) is 0 Å². The summed E-state index contributed by atoms with van der Waals surface area (Å²) >= 11 is 0. The zero-order valence-electron chi connectivity index (χ0n) is 16.9. The van der Waals surface area contributed by atoms with Crippen molar-refractivity contribution < 1.29 is 9.18 Å². The molecular formula is C25H23FN4O. The number of carbonyl (C=O) groups excluding carboxylic acids is 1. The maximum Gasteiger partial charge on any atom is 0.224 e. The van der Waals surface area contributed by atoms with Crippen LogP contribution in [-0.2, 0) is 17.8 Å². The molecule has 0 unspecified atom stereocenters. The number of rotatable bonds is 8. The molecule has 156 valence electrons. The Bertz CT molecular complexity index is 1130. The van der Waals surface area contributed by atoms with Crippen molar-refractivity contribution in [1.82, 2.24) is 10.2 Å². The molecule has 5 nitrogen and oxygen atoms in total. The van der Waals surface area contributed by atoms with Crippen LogP contribution in [0, 0.1) is 5.82 Å². The number of H-pyrrole nitrogens is 1. The van der Waals surface area contributed by atoms with E-state index in [-0.39, 0.29) is 11.6 Å². The largest absolute Gasteiger partial charge is 0.381 e. The third kappa shape index (κ3) is 5.57. The van der Waals surface area contributed by atoms with Gasteiger partial charge in [0.05, 0.1) is 11.9 Å². The summed E-state index contributed by atoms with van der Waals surface area (Å²) in [6, 6.07) is 22.5. The highest BCUT2D eigenvalue weighted by Gasteiger charge is 2.09. The summed E-state index contributed by atoms with van der Waals surface area (Å²) in [6.07, 6.45) is 4.54. The van der Waals surface area contributed by atoms with E-state index in [9.17, 15) is 9.18 Å². The third-order valence-electron chi connectivity index (χ3n) is 5.01. The van der Waals surface area contributed by atoms with Crippen LogP contribution in [0.2, 0.25) is 0 Å². The van der Waals surface area contributed by atoms with E-state index in [1.807, 2.05) is 60.8 Å². The maximum atomic E-state index is 14.2. The van der Waals surface area contributed by atoms with E-state index in [0.29, 0.717) is 19.4 Å². The summed E-state index contributed by atoms with van der Waals surface area (Å²) in [4.78, 5) is 12.3. The minimum atomic E-state index is -0.455. The Hall–Kier alpha value is -3.93. The first kappa shape index (κ1) is 20.3. The van der Waals surface area contributed by atoms with Crippen molar-refractivity contribution in [3.63, 3.8) is 0 Å². The van der Waals surface area contributed by atoms with Gasteiger partial charge in [-0.3, -0.25) is 9.89 Å². The van der Waals surface area contributed by atoms with E-state index >= 15 is 0 Å². The lowest BCUT2D eigenvalue weighted by molar-refractivity contribution is -0.116. The van der Waals surface area contributed by atoms with E-state index in [2.05, 4.69) is 20.8 Å². The number of nitrogens with one attached hydrogen (secondary N) is 3. The highest BCUT2D eigenvalue weighted by Crippen LogP contribution is 2.22. The molecule has 1 aromatic heterocycles. The van der Waals surface area contributed by atoms with Crippen LogP contribution in [0.4, 0.5) is 15.8 Å². The maximum absolute atomic E-state index is 14.2. The molecule has 0 saturated heterocycles. The average molecular weight is 414 g/mol. The molecule has 31 heavy (non-hydrogen) atoms. The lowest BCUT2D eigenvalue weighted by Gasteiger charge is -2.11. The normalized spacial score (nSPS) is 10.6. The molecule has 0 atom stereocenters. The van der Waals surface area contributed by atoms with E-state index in [1.165, 1.54) is 6.07 Å². The van der Waals surface area contributed by atoms with Crippen LogP contribution < -0.4 is 10.6 Å². The summed E-state index contributed by atoms with van der Waals surface area (Å²) < 4.78 is 14.2. The van der Waals surface area contributed by atoms with Gasteiger partial charge in [0.1, 0.15) is 5.82 Å². The number of hydrogen-bond acceptors (Lipinski definition) is 3. The van der Waals surface area contributed by atoms with Crippen LogP contribution in [0.15, 0.2) is 85.2 Å². The van der Waals surface area contributed by atoms with Crippen LogP contribution in [0.25, 0.3) is 11.1 Å². The molecule has 0 aliphatic rings. The van der Waals surface area contributed by atoms with Crippen molar-refractivity contribution in [2.75, 3.05) is 10.6 Å². The summed E-state index contributed by atoms with van der Waals surface area (Å²) in [5.74, 6) is -0.669. The van der Waals surface area contributed by atoms with Crippen molar-refractivity contribution in [3.8, 4) is 11.1 Å². The van der Waals surface area contributed by atoms with Crippen LogP contribution in [0.1, 0.15) is 17.5 Å². The fraction of sp³-hybridized carbons (Fsp3) is 0.120. The minimum Gasteiger partial charge on any atom is -0.381 e. The third-order valence-corrected chi connectivity index (χ3v) is 5.01. The smallest absolute Gasteiger partial charge is 0.224 e. The predicted molar refractivity (Wildman–Crippen MR) is 121 cm³/mol. The molecule has 3 aromatic carbocycles. The summed E-state index contributed by atoms with van der Waals surface area (Å²) in [6.45, 7) is 0.582. The number of aromatic nitrogens is 2. The van der Waals surface area contributed by atoms with Gasteiger partial charge in [0.25, 0.3) is 0 Å². The van der Waals surface area contributed by atoms with Crippen molar-refractivity contribution in [3.05, 3.63) is 102 Å². The van der Waals surface area contributed by atoms with Crippen molar-refractivity contribution in [2.45, 2.75) is 19.4 Å². The standard InChI is InChI=1S/C25H23FN4O/c26-23-12-11-22(14-24(23)30-25(31)13-8-18-4-2-1-3-5-18)27-15-19-6-9-20(10-7-19)21-16-28-29-17-21/h1-7,9-12,14,16-17,27H,8,13,15H2,(H,28,29)(H,30,31). The average Bonchev–Trinajstić information content (AvgIpc) is 3.34. The second kappa shape index (κ2) is 9.71. The molecule has 3 N–H and O–H groups in total. The molecule has 0 aliphatic carbocycles. The molecule has 0 spiro atoms. The minimum absolute atomic E-state index is 0.179. The Labute approximate surface area is 180 Å². The lowest BCUT2D eigenvalue weighted by atomic mass is 10.1. The van der Waals surface area contributed by atoms with Gasteiger partial charge in [-0.05, 0) is 41.3 Å². The highest BCUT2D eigenvalue weighted by atomic mass is 19.1. The molecule has 1 heterocycles. The highest BCUT2D eigenvalue weighted by molar-refractivity contribution is 5.91. The second-order valence-electron chi connectivity index (χ2n) is 7.27. The van der Waals surface area contributed by atoms with E-state index in [1.54, 1.807) is 18.3 Å². The predicted octanol–water partition coefficient (Wildman–Crippen LogP) is 5.40. The van der Waals surface area contributed by atoms with Gasteiger partial charge in [-0.25, -0.2) is 4.39 Å². The van der Waals surface area contributed by atoms with Crippen molar-refractivity contribution >= 4 is 17.3 Å². The number of hydrogen-bond donors (Lipinski definition) is 3. The topological polar surface area (TPSA) is 69.8 Å². The fourth-order valence-electron chi connectivity index (χ4n) is 3.27. The van der Waals surface area contributed by atoms with Gasteiger partial charge >= 0.3 is 0 Å². The fourth-order valence-corrected chi connectivity index (χ4v) is 3.27. The Morgan fingerprint density at radius 3 is 2.48 bits per heavy atom. The summed E-state index contributed by atoms with van der Waals surface area (Å²) in [5.41, 5.74) is 5.19. The van der Waals surface area contributed by atoms with Gasteiger partial charge < -0.3 is 10.6 Å². The van der Waals surface area contributed by atoms with Gasteiger partial charge in [0.2, 0.25) is 5.91 Å². The molecule has 0 fully saturated rings. The number of halogens is 1. The van der Waals surface area contributed by atoms with E-state index in [0.717, 1.165) is 27.9 Å². The molecule has 1 amide bonds. The van der Waals surface area contributed by atoms with E-state index < -0.39 is 5.82 Å². The van der Waals surface area contributed by atoms with Crippen molar-refractivity contribution in [1.29, 1.82) is 0 Å². The number of nitrogens with zero attached hydrogens (tertiary/aromatic N) is 1. The number of aryl methyl sites for hydroxylation is 1. The first-order valence-electron chi connectivity index (χ1n) is 10.1. The molecule has 0 radical (unpaired) electrons. The molecule has 0 aliphatic heterocycles. The summed E-state index contributed by atoms with van der Waals surface area (Å²) in [5, 5.41) is 12.7. The monoisotopic (exact) mass is 414 g/mol. The van der Waals surface area contributed by atoms with Crippen LogP contribution >= 0.6 is 0 Å². The van der Waals surface area contributed by atoms with Gasteiger partial charge in [-0.15, -0.1) is 0 Å². The molecule has 4 aromatic rings. The first-order valence-corrected chi connectivity index (χ1v) is 10.1. The SMILES string of the molecule is O=C(CCc1ccccc1)Nc1cc(NCc2ccc(-c3cn[nH]c3)cc2)ccc1F. The zero-order valence-corrected chi connectivity index (χ0v) is 16.9. The number of anilines is 2. The molecule has 0 bridgehead atoms. The first-order chi connectivity index (χ1) is 15.2. The lowest BCUT2D eigenvalue weighted by Crippen LogP contribution is -2.13. The summed E-state index contributed by atoms with van der Waals surface area (Å²) in [7, 11) is 0. The molecular weight excluding hydrogens is 391 g/mol. The van der Waals surface area contributed by atoms with Crippen LogP contribution in [0.5, 0.6) is 0 Å². The Balaban J connectivity index is 1.33.